The number of unbranched alkanes of at least 4 members (excludes halogenated alkanes) is 14. The van der Waals surface area contributed by atoms with Crippen molar-refractivity contribution in [2.75, 3.05) is 46.3 Å². The quantitative estimate of drug-likeness (QED) is 0.0889. The summed E-state index contributed by atoms with van der Waals surface area (Å²) in [6, 6.07) is 0. The van der Waals surface area contributed by atoms with E-state index in [1.165, 1.54) is 155 Å². The fraction of sp³-hybridized carbons (Fsp3) is 0.969. The van der Waals surface area contributed by atoms with Gasteiger partial charge in [0.05, 0.1) is 20.1 Å². The molecule has 2 aliphatic rings. The number of carbonyl (C=O) groups excluding carboxylic acids is 1. The Morgan fingerprint density at radius 2 is 1.17 bits per heavy atom. The van der Waals surface area contributed by atoms with Crippen LogP contribution >= 0.6 is 0 Å². The van der Waals surface area contributed by atoms with Crippen LogP contribution in [-0.2, 0) is 9.53 Å². The molecule has 2 saturated heterocycles. The Labute approximate surface area is 225 Å². The van der Waals surface area contributed by atoms with E-state index in [9.17, 15) is 4.79 Å². The van der Waals surface area contributed by atoms with Gasteiger partial charge < -0.3 is 9.22 Å². The molecule has 2 rings (SSSR count). The lowest BCUT2D eigenvalue weighted by Crippen LogP contribution is -2.55. The number of hydrogen-bond donors (Lipinski definition) is 0. The molecule has 212 valence electrons. The summed E-state index contributed by atoms with van der Waals surface area (Å²) < 4.78 is 7.23. The highest BCUT2D eigenvalue weighted by Gasteiger charge is 2.31. The third-order valence-electron chi connectivity index (χ3n) is 8.73. The number of nitrogens with zero attached hydrogens (tertiary/aromatic N) is 2. The lowest BCUT2D eigenvalue weighted by molar-refractivity contribution is -0.916. The van der Waals surface area contributed by atoms with Crippen molar-refractivity contribution in [2.45, 2.75) is 154 Å². The van der Waals surface area contributed by atoms with E-state index in [-0.39, 0.29) is 12.1 Å². The molecule has 0 radical (unpaired) electrons. The molecule has 4 heteroatoms. The summed E-state index contributed by atoms with van der Waals surface area (Å²) >= 11 is 0. The standard InChI is InChI=1S/C32H63N2O2/c1-3-4-5-6-7-8-9-10-11-12-13-14-15-16-19-24-32(35)36-31(29-33-25-20-17-21-26-33)30-34(2)27-22-18-23-28-34/h31H,3-30H2,1-2H3/q+1. The van der Waals surface area contributed by atoms with Crippen LogP contribution in [-0.4, -0.2) is 67.8 Å². The van der Waals surface area contributed by atoms with Crippen molar-refractivity contribution in [3.05, 3.63) is 0 Å². The van der Waals surface area contributed by atoms with Crippen LogP contribution in [0.4, 0.5) is 0 Å². The fourth-order valence-electron chi connectivity index (χ4n) is 6.40. The molecular formula is C32H63N2O2+. The molecule has 1 atom stereocenters. The number of likely N-dealkylation sites (N-methyl/N-ethyl adjacent to an activating group) is 1. The van der Waals surface area contributed by atoms with Crippen molar-refractivity contribution >= 4 is 5.97 Å². The minimum atomic E-state index is 0.0512. The second kappa shape index (κ2) is 20.4. The Bertz CT molecular complexity index is 526. The van der Waals surface area contributed by atoms with Crippen molar-refractivity contribution in [1.82, 2.24) is 4.90 Å². The summed E-state index contributed by atoms with van der Waals surface area (Å²) in [5, 5.41) is 0. The second-order valence-electron chi connectivity index (χ2n) is 12.5. The molecule has 0 aromatic carbocycles. The first-order valence-corrected chi connectivity index (χ1v) is 16.4. The Kier molecular flexibility index (Phi) is 17.9. The van der Waals surface area contributed by atoms with Gasteiger partial charge in [-0.15, -0.1) is 0 Å². The Balaban J connectivity index is 1.50. The molecule has 0 amide bonds. The predicted molar refractivity (Wildman–Crippen MR) is 154 cm³/mol. The zero-order chi connectivity index (χ0) is 25.7. The number of carbonyl (C=O) groups is 1. The van der Waals surface area contributed by atoms with Crippen molar-refractivity contribution in [1.29, 1.82) is 0 Å². The molecule has 0 N–H and O–H groups in total. The lowest BCUT2D eigenvalue weighted by Gasteiger charge is -2.41. The first-order valence-electron chi connectivity index (χ1n) is 16.4. The molecule has 0 aromatic heterocycles. The number of quaternary nitrogens is 1. The first-order chi connectivity index (χ1) is 17.6. The van der Waals surface area contributed by atoms with Crippen LogP contribution in [0.1, 0.15) is 148 Å². The molecule has 0 spiro atoms. The van der Waals surface area contributed by atoms with Gasteiger partial charge in [-0.1, -0.05) is 103 Å². The highest BCUT2D eigenvalue weighted by Crippen LogP contribution is 2.20. The van der Waals surface area contributed by atoms with Crippen molar-refractivity contribution in [3.8, 4) is 0 Å². The van der Waals surface area contributed by atoms with Gasteiger partial charge in [0.15, 0.2) is 6.10 Å². The zero-order valence-electron chi connectivity index (χ0n) is 24.6. The molecule has 0 aliphatic carbocycles. The van der Waals surface area contributed by atoms with Gasteiger partial charge in [0.1, 0.15) is 6.54 Å². The molecule has 2 fully saturated rings. The van der Waals surface area contributed by atoms with E-state index in [4.69, 9.17) is 4.74 Å². The van der Waals surface area contributed by atoms with E-state index in [1.54, 1.807) is 0 Å². The van der Waals surface area contributed by atoms with Crippen LogP contribution in [0, 0.1) is 0 Å². The molecule has 1 unspecified atom stereocenters. The van der Waals surface area contributed by atoms with Gasteiger partial charge in [0, 0.05) is 13.0 Å². The molecule has 0 aromatic rings. The smallest absolute Gasteiger partial charge is 0.306 e. The summed E-state index contributed by atoms with van der Waals surface area (Å²) in [7, 11) is 2.38. The number of rotatable bonds is 21. The zero-order valence-corrected chi connectivity index (χ0v) is 24.6. The average molecular weight is 508 g/mol. The number of ether oxygens (including phenoxy) is 1. The summed E-state index contributed by atoms with van der Waals surface area (Å²) in [5.41, 5.74) is 0. The largest absolute Gasteiger partial charge is 0.455 e. The van der Waals surface area contributed by atoms with E-state index in [2.05, 4.69) is 18.9 Å². The SMILES string of the molecule is CCCCCCCCCCCCCCCCCC(=O)OC(CN1CCCCC1)C[N+]1(C)CCCCC1. The normalized spacial score (nSPS) is 19.3. The molecule has 0 saturated carbocycles. The van der Waals surface area contributed by atoms with Gasteiger partial charge in [-0.25, -0.2) is 0 Å². The van der Waals surface area contributed by atoms with Gasteiger partial charge in [0.25, 0.3) is 0 Å². The van der Waals surface area contributed by atoms with Crippen molar-refractivity contribution in [2.24, 2.45) is 0 Å². The summed E-state index contributed by atoms with van der Waals surface area (Å²) in [5.74, 6) is 0.0512. The van der Waals surface area contributed by atoms with Gasteiger partial charge in [0.2, 0.25) is 0 Å². The monoisotopic (exact) mass is 507 g/mol. The van der Waals surface area contributed by atoms with Gasteiger partial charge in [-0.3, -0.25) is 9.69 Å². The molecule has 2 aliphatic heterocycles. The molecule has 2 heterocycles. The van der Waals surface area contributed by atoms with Crippen LogP contribution in [0.3, 0.4) is 0 Å². The van der Waals surface area contributed by atoms with Crippen LogP contribution < -0.4 is 0 Å². The first kappa shape index (κ1) is 31.6. The Morgan fingerprint density at radius 1 is 0.694 bits per heavy atom. The maximum atomic E-state index is 12.7. The highest BCUT2D eigenvalue weighted by atomic mass is 16.5. The third kappa shape index (κ3) is 15.6. The third-order valence-corrected chi connectivity index (χ3v) is 8.73. The van der Waals surface area contributed by atoms with Crippen LogP contribution in [0.25, 0.3) is 0 Å². The van der Waals surface area contributed by atoms with Crippen molar-refractivity contribution in [3.63, 3.8) is 0 Å². The maximum absolute atomic E-state index is 12.7. The summed E-state index contributed by atoms with van der Waals surface area (Å²) in [6.45, 7) is 9.08. The predicted octanol–water partition coefficient (Wildman–Crippen LogP) is 8.28. The number of hydrogen-bond acceptors (Lipinski definition) is 3. The summed E-state index contributed by atoms with van der Waals surface area (Å²) in [4.78, 5) is 15.3. The minimum absolute atomic E-state index is 0.0512. The molecule has 0 bridgehead atoms. The van der Waals surface area contributed by atoms with Gasteiger partial charge >= 0.3 is 5.97 Å². The minimum Gasteiger partial charge on any atom is -0.455 e. The van der Waals surface area contributed by atoms with Crippen LogP contribution in [0.15, 0.2) is 0 Å². The van der Waals surface area contributed by atoms with E-state index in [0.717, 1.165) is 24.0 Å². The Hall–Kier alpha value is -0.610. The number of piperidine rings is 2. The number of esters is 1. The highest BCUT2D eigenvalue weighted by molar-refractivity contribution is 5.69. The van der Waals surface area contributed by atoms with Crippen LogP contribution in [0.2, 0.25) is 0 Å². The second-order valence-corrected chi connectivity index (χ2v) is 12.5. The fourth-order valence-corrected chi connectivity index (χ4v) is 6.40. The number of likely N-dealkylation sites (tertiary alicyclic amines) is 2. The average Bonchev–Trinajstić information content (AvgIpc) is 2.87. The topological polar surface area (TPSA) is 29.5 Å². The van der Waals surface area contributed by atoms with Gasteiger partial charge in [-0.2, -0.15) is 0 Å². The molecule has 4 nitrogen and oxygen atoms in total. The van der Waals surface area contributed by atoms with E-state index in [1.807, 2.05) is 0 Å². The molecule has 36 heavy (non-hydrogen) atoms. The molecular weight excluding hydrogens is 444 g/mol. The van der Waals surface area contributed by atoms with E-state index < -0.39 is 0 Å². The van der Waals surface area contributed by atoms with E-state index >= 15 is 0 Å². The van der Waals surface area contributed by atoms with Crippen LogP contribution in [0.5, 0.6) is 0 Å². The lowest BCUT2D eigenvalue weighted by atomic mass is 10.0. The van der Waals surface area contributed by atoms with Gasteiger partial charge in [-0.05, 0) is 51.6 Å². The summed E-state index contributed by atoms with van der Waals surface area (Å²) in [6.07, 6.45) is 29.0. The maximum Gasteiger partial charge on any atom is 0.306 e. The Morgan fingerprint density at radius 3 is 1.69 bits per heavy atom. The van der Waals surface area contributed by atoms with E-state index in [0.29, 0.717) is 6.42 Å². The van der Waals surface area contributed by atoms with Crippen molar-refractivity contribution < 1.29 is 14.0 Å².